The Hall–Kier alpha value is -3.80. The summed E-state index contributed by atoms with van der Waals surface area (Å²) < 4.78 is 15.8. The van der Waals surface area contributed by atoms with Gasteiger partial charge >= 0.3 is 5.97 Å². The molecule has 0 bridgehead atoms. The molecule has 0 heterocycles. The summed E-state index contributed by atoms with van der Waals surface area (Å²) in [7, 11) is 2.92. The smallest absolute Gasteiger partial charge is 0.342 e. The van der Waals surface area contributed by atoms with E-state index < -0.39 is 18.0 Å². The molecule has 3 aromatic carbocycles. The van der Waals surface area contributed by atoms with Crippen LogP contribution in [0.4, 0.5) is 5.69 Å². The van der Waals surface area contributed by atoms with E-state index in [1.807, 2.05) is 48.5 Å². The summed E-state index contributed by atoms with van der Waals surface area (Å²) >= 11 is 0. The van der Waals surface area contributed by atoms with Crippen LogP contribution < -0.4 is 14.8 Å². The lowest BCUT2D eigenvalue weighted by atomic mass is 10.0. The van der Waals surface area contributed by atoms with Crippen LogP contribution in [0.25, 0.3) is 11.1 Å². The summed E-state index contributed by atoms with van der Waals surface area (Å²) in [6.45, 7) is 1.52. The van der Waals surface area contributed by atoms with E-state index in [-0.39, 0.29) is 11.3 Å². The SMILES string of the molecule is COc1cccc(C(=O)O[C@H](C)C(=O)Nc2ccccc2-c2ccccc2)c1OC. The molecule has 1 atom stereocenters. The Balaban J connectivity index is 1.75. The van der Waals surface area contributed by atoms with Crippen LogP contribution in [0.1, 0.15) is 17.3 Å². The van der Waals surface area contributed by atoms with Crippen LogP contribution in [-0.4, -0.2) is 32.2 Å². The van der Waals surface area contributed by atoms with Crippen LogP contribution in [0.3, 0.4) is 0 Å². The molecule has 154 valence electrons. The topological polar surface area (TPSA) is 73.9 Å². The van der Waals surface area contributed by atoms with Crippen LogP contribution in [0.2, 0.25) is 0 Å². The maximum absolute atomic E-state index is 12.7. The number of carbonyl (C=O) groups is 2. The molecule has 0 aliphatic carbocycles. The number of nitrogens with one attached hydrogen (secondary N) is 1. The van der Waals surface area contributed by atoms with Crippen LogP contribution in [-0.2, 0) is 9.53 Å². The van der Waals surface area contributed by atoms with Crippen LogP contribution >= 0.6 is 0 Å². The Labute approximate surface area is 175 Å². The molecule has 0 aromatic heterocycles. The number of methoxy groups -OCH3 is 2. The first kappa shape index (κ1) is 20.9. The van der Waals surface area contributed by atoms with Crippen molar-refractivity contribution in [1.29, 1.82) is 0 Å². The highest BCUT2D eigenvalue weighted by Crippen LogP contribution is 2.31. The van der Waals surface area contributed by atoms with Crippen LogP contribution in [0, 0.1) is 0 Å². The van der Waals surface area contributed by atoms with Crippen molar-refractivity contribution in [3.8, 4) is 22.6 Å². The molecule has 0 fully saturated rings. The van der Waals surface area contributed by atoms with Gasteiger partial charge in [-0.25, -0.2) is 4.79 Å². The van der Waals surface area contributed by atoms with E-state index in [2.05, 4.69) is 5.32 Å². The third-order valence-electron chi connectivity index (χ3n) is 4.55. The predicted octanol–water partition coefficient (Wildman–Crippen LogP) is 4.55. The molecule has 0 saturated carbocycles. The molecule has 3 aromatic rings. The Morgan fingerprint density at radius 1 is 0.833 bits per heavy atom. The largest absolute Gasteiger partial charge is 0.493 e. The van der Waals surface area contributed by atoms with Crippen molar-refractivity contribution >= 4 is 17.6 Å². The van der Waals surface area contributed by atoms with Gasteiger partial charge in [-0.05, 0) is 30.7 Å². The van der Waals surface area contributed by atoms with E-state index in [1.54, 1.807) is 24.3 Å². The number of anilines is 1. The molecule has 30 heavy (non-hydrogen) atoms. The summed E-state index contributed by atoms with van der Waals surface area (Å²) in [5, 5.41) is 2.84. The molecular formula is C24H23NO5. The van der Waals surface area contributed by atoms with E-state index in [4.69, 9.17) is 14.2 Å². The summed E-state index contributed by atoms with van der Waals surface area (Å²) in [4.78, 5) is 25.3. The fourth-order valence-electron chi connectivity index (χ4n) is 3.02. The second-order valence-electron chi connectivity index (χ2n) is 6.49. The molecule has 0 unspecified atom stereocenters. The Kier molecular flexibility index (Phi) is 6.70. The fraction of sp³-hybridized carbons (Fsp3) is 0.167. The number of amides is 1. The lowest BCUT2D eigenvalue weighted by Crippen LogP contribution is -2.30. The maximum atomic E-state index is 12.7. The van der Waals surface area contributed by atoms with Gasteiger partial charge < -0.3 is 19.5 Å². The van der Waals surface area contributed by atoms with Crippen molar-refractivity contribution in [2.45, 2.75) is 13.0 Å². The average molecular weight is 405 g/mol. The molecule has 0 saturated heterocycles. The highest BCUT2D eigenvalue weighted by atomic mass is 16.6. The third kappa shape index (κ3) is 4.60. The van der Waals surface area contributed by atoms with Gasteiger partial charge in [0.05, 0.1) is 14.2 Å². The molecule has 6 heteroatoms. The normalized spacial score (nSPS) is 11.3. The van der Waals surface area contributed by atoms with Crippen molar-refractivity contribution < 1.29 is 23.8 Å². The fourth-order valence-corrected chi connectivity index (χ4v) is 3.02. The standard InChI is InChI=1S/C24H23NO5/c1-16(30-24(27)19-13-9-15-21(28-2)22(19)29-3)23(26)25-20-14-8-7-12-18(20)17-10-5-4-6-11-17/h4-16H,1-3H3,(H,25,26)/t16-/m1/s1. The van der Waals surface area contributed by atoms with Gasteiger partial charge in [0, 0.05) is 11.3 Å². The highest BCUT2D eigenvalue weighted by Gasteiger charge is 2.23. The van der Waals surface area contributed by atoms with Gasteiger partial charge in [-0.1, -0.05) is 54.6 Å². The molecule has 0 aliphatic rings. The third-order valence-corrected chi connectivity index (χ3v) is 4.55. The summed E-state index contributed by atoms with van der Waals surface area (Å²) in [6, 6.07) is 22.1. The summed E-state index contributed by atoms with van der Waals surface area (Å²) in [5.41, 5.74) is 2.66. The van der Waals surface area contributed by atoms with Gasteiger partial charge in [-0.15, -0.1) is 0 Å². The quantitative estimate of drug-likeness (QED) is 0.584. The van der Waals surface area contributed by atoms with E-state index in [0.717, 1.165) is 11.1 Å². The van der Waals surface area contributed by atoms with Gasteiger partial charge in [-0.3, -0.25) is 4.79 Å². The number of rotatable bonds is 7. The summed E-state index contributed by atoms with van der Waals surface area (Å²) in [5.74, 6) is -0.453. The van der Waals surface area contributed by atoms with Gasteiger partial charge in [0.15, 0.2) is 17.6 Å². The number of hydrogen-bond acceptors (Lipinski definition) is 5. The molecule has 3 rings (SSSR count). The molecule has 0 aliphatic heterocycles. The molecule has 6 nitrogen and oxygen atoms in total. The summed E-state index contributed by atoms with van der Waals surface area (Å²) in [6.07, 6.45) is -1.02. The van der Waals surface area contributed by atoms with E-state index in [0.29, 0.717) is 11.4 Å². The zero-order valence-electron chi connectivity index (χ0n) is 17.0. The van der Waals surface area contributed by atoms with Crippen LogP contribution in [0.5, 0.6) is 11.5 Å². The molecule has 0 radical (unpaired) electrons. The minimum absolute atomic E-state index is 0.182. The Morgan fingerprint density at radius 2 is 1.53 bits per heavy atom. The number of carbonyl (C=O) groups excluding carboxylic acids is 2. The van der Waals surface area contributed by atoms with Gasteiger partial charge in [-0.2, -0.15) is 0 Å². The first-order valence-corrected chi connectivity index (χ1v) is 9.42. The van der Waals surface area contributed by atoms with Crippen molar-refractivity contribution in [1.82, 2.24) is 0 Å². The molecular weight excluding hydrogens is 382 g/mol. The number of para-hydroxylation sites is 2. The zero-order chi connectivity index (χ0) is 21.5. The Bertz CT molecular complexity index is 1030. The van der Waals surface area contributed by atoms with E-state index in [9.17, 15) is 9.59 Å². The minimum atomic E-state index is -1.02. The van der Waals surface area contributed by atoms with Crippen molar-refractivity contribution in [2.75, 3.05) is 19.5 Å². The molecule has 1 N–H and O–H groups in total. The van der Waals surface area contributed by atoms with E-state index >= 15 is 0 Å². The van der Waals surface area contributed by atoms with Crippen molar-refractivity contribution in [2.24, 2.45) is 0 Å². The molecule has 0 spiro atoms. The lowest BCUT2D eigenvalue weighted by molar-refractivity contribution is -0.123. The average Bonchev–Trinajstić information content (AvgIpc) is 2.79. The van der Waals surface area contributed by atoms with Gasteiger partial charge in [0.25, 0.3) is 5.91 Å². The number of benzene rings is 3. The van der Waals surface area contributed by atoms with E-state index in [1.165, 1.54) is 21.1 Å². The second kappa shape index (κ2) is 9.60. The Morgan fingerprint density at radius 3 is 2.23 bits per heavy atom. The first-order valence-electron chi connectivity index (χ1n) is 9.42. The maximum Gasteiger partial charge on any atom is 0.342 e. The van der Waals surface area contributed by atoms with Gasteiger partial charge in [0.2, 0.25) is 0 Å². The second-order valence-corrected chi connectivity index (χ2v) is 6.49. The lowest BCUT2D eigenvalue weighted by Gasteiger charge is -2.17. The molecule has 1 amide bonds. The monoisotopic (exact) mass is 405 g/mol. The van der Waals surface area contributed by atoms with Crippen molar-refractivity contribution in [3.63, 3.8) is 0 Å². The number of ether oxygens (including phenoxy) is 3. The number of esters is 1. The highest BCUT2D eigenvalue weighted by molar-refractivity contribution is 6.00. The van der Waals surface area contributed by atoms with Gasteiger partial charge in [0.1, 0.15) is 5.56 Å². The predicted molar refractivity (Wildman–Crippen MR) is 115 cm³/mol. The first-order chi connectivity index (χ1) is 14.5. The van der Waals surface area contributed by atoms with Crippen LogP contribution in [0.15, 0.2) is 72.8 Å². The minimum Gasteiger partial charge on any atom is -0.493 e. The van der Waals surface area contributed by atoms with Crippen molar-refractivity contribution in [3.05, 3.63) is 78.4 Å². The zero-order valence-corrected chi connectivity index (χ0v) is 17.0. The number of hydrogen-bond donors (Lipinski definition) is 1.